The maximum absolute atomic E-state index is 10.2. The van der Waals surface area contributed by atoms with Gasteiger partial charge in [-0.1, -0.05) is 6.92 Å². The van der Waals surface area contributed by atoms with Crippen LogP contribution in [0.1, 0.15) is 13.3 Å². The van der Waals surface area contributed by atoms with Crippen LogP contribution in [0.4, 0.5) is 0 Å². The van der Waals surface area contributed by atoms with Gasteiger partial charge in [0.05, 0.1) is 0 Å². The molecule has 0 saturated heterocycles. The first kappa shape index (κ1) is 20.3. The normalized spacial score (nSPS) is 11.7. The quantitative estimate of drug-likeness (QED) is 0.453. The van der Waals surface area contributed by atoms with Gasteiger partial charge in [0, 0.05) is 0 Å². The van der Waals surface area contributed by atoms with Gasteiger partial charge in [-0.05, 0) is 6.42 Å². The molecule has 10 heteroatoms. The minimum absolute atomic E-state index is 0. The van der Waals surface area contributed by atoms with E-state index >= 15 is 0 Å². The Hall–Kier alpha value is 1.82. The molecular weight excluding hydrogens is 242 g/mol. The van der Waals surface area contributed by atoms with Gasteiger partial charge >= 0.3 is 59.1 Å². The van der Waals surface area contributed by atoms with Gasteiger partial charge in [0.25, 0.3) is 20.2 Å². The van der Waals surface area contributed by atoms with Crippen LogP contribution in [-0.4, -0.2) is 89.6 Å². The van der Waals surface area contributed by atoms with Crippen LogP contribution in [-0.2, 0) is 20.2 Å². The van der Waals surface area contributed by atoms with E-state index in [1.54, 1.807) is 0 Å². The van der Waals surface area contributed by atoms with Gasteiger partial charge in [-0.15, -0.1) is 0 Å². The van der Waals surface area contributed by atoms with Crippen molar-refractivity contribution in [3.63, 3.8) is 0 Å². The zero-order valence-corrected chi connectivity index (χ0v) is 7.26. The van der Waals surface area contributed by atoms with Gasteiger partial charge in [0.1, 0.15) is 0 Å². The van der Waals surface area contributed by atoms with Crippen LogP contribution in [0.3, 0.4) is 0 Å². The summed E-state index contributed by atoms with van der Waals surface area (Å²) in [4.78, 5) is 0. The first-order chi connectivity index (χ1) is 4.69. The number of hydrogen-bond donors (Lipinski definition) is 2. The molecule has 0 saturated carbocycles. The van der Waals surface area contributed by atoms with Gasteiger partial charge in [0.2, 0.25) is 4.58 Å². The van der Waals surface area contributed by atoms with Crippen LogP contribution in [0.25, 0.3) is 0 Å². The van der Waals surface area contributed by atoms with Crippen molar-refractivity contribution < 1.29 is 25.9 Å². The average molecular weight is 252 g/mol. The van der Waals surface area contributed by atoms with Crippen LogP contribution in [0, 0.1) is 0 Å². The zero-order valence-electron chi connectivity index (χ0n) is 5.63. The van der Waals surface area contributed by atoms with Crippen LogP contribution in [0.5, 0.6) is 0 Å². The fourth-order valence-corrected chi connectivity index (χ4v) is 2.65. The third-order valence-corrected chi connectivity index (χ3v) is 4.45. The van der Waals surface area contributed by atoms with E-state index in [4.69, 9.17) is 9.11 Å². The first-order valence-electron chi connectivity index (χ1n) is 2.62. The second-order valence-corrected chi connectivity index (χ2v) is 5.36. The van der Waals surface area contributed by atoms with Crippen molar-refractivity contribution in [3.05, 3.63) is 0 Å². The van der Waals surface area contributed by atoms with E-state index in [0.29, 0.717) is 0 Å². The van der Waals surface area contributed by atoms with Gasteiger partial charge < -0.3 is 0 Å². The standard InChI is InChI=1S/C3H8O6S2.2Na.2H/c1-2-3(10(4,5)6)11(7,8)9;;;;/h3H,2H2,1H3,(H,4,5,6)(H,7,8,9);;;;. The van der Waals surface area contributed by atoms with Crippen LogP contribution in [0.15, 0.2) is 0 Å². The summed E-state index contributed by atoms with van der Waals surface area (Å²) in [6.07, 6.45) is -0.391. The third kappa shape index (κ3) is 7.71. The Balaban J connectivity index is -0.000000500. The summed E-state index contributed by atoms with van der Waals surface area (Å²) in [6, 6.07) is 0. The third-order valence-electron chi connectivity index (χ3n) is 0.998. The Morgan fingerprint density at radius 2 is 1.23 bits per heavy atom. The second kappa shape index (κ2) is 7.15. The molecule has 2 N–H and O–H groups in total. The van der Waals surface area contributed by atoms with Gasteiger partial charge in [-0.3, -0.25) is 9.11 Å². The molecule has 6 nitrogen and oxygen atoms in total. The molecule has 0 amide bonds. The monoisotopic (exact) mass is 252 g/mol. The summed E-state index contributed by atoms with van der Waals surface area (Å²) in [5.41, 5.74) is 0. The molecule has 0 aliphatic carbocycles. The predicted octanol–water partition coefficient (Wildman–Crippen LogP) is -1.80. The Morgan fingerprint density at radius 3 is 1.23 bits per heavy atom. The summed E-state index contributed by atoms with van der Waals surface area (Å²) in [5.74, 6) is 0. The zero-order chi connectivity index (χ0) is 9.28. The molecule has 0 spiro atoms. The maximum atomic E-state index is 10.2. The molecule has 0 atom stereocenters. The van der Waals surface area contributed by atoms with Crippen molar-refractivity contribution in [1.29, 1.82) is 0 Å². The van der Waals surface area contributed by atoms with Crippen molar-refractivity contribution >= 4 is 79.4 Å². The molecule has 0 heterocycles. The molecule has 0 fully saturated rings. The summed E-state index contributed by atoms with van der Waals surface area (Å²) >= 11 is 0. The van der Waals surface area contributed by atoms with Crippen molar-refractivity contribution in [2.24, 2.45) is 0 Å². The van der Waals surface area contributed by atoms with E-state index in [1.807, 2.05) is 0 Å². The molecule has 13 heavy (non-hydrogen) atoms. The molecule has 0 bridgehead atoms. The van der Waals surface area contributed by atoms with Crippen LogP contribution < -0.4 is 0 Å². The molecule has 0 aliphatic rings. The molecule has 0 unspecified atom stereocenters. The van der Waals surface area contributed by atoms with E-state index in [2.05, 4.69) is 0 Å². The predicted molar refractivity (Wildman–Crippen MR) is 51.5 cm³/mol. The van der Waals surface area contributed by atoms with E-state index < -0.39 is 31.2 Å². The van der Waals surface area contributed by atoms with E-state index in [-0.39, 0.29) is 59.1 Å². The van der Waals surface area contributed by atoms with Crippen molar-refractivity contribution in [2.75, 3.05) is 0 Å². The number of hydrogen-bond acceptors (Lipinski definition) is 4. The van der Waals surface area contributed by atoms with Crippen molar-refractivity contribution in [2.45, 2.75) is 17.9 Å². The molecule has 0 aromatic rings. The van der Waals surface area contributed by atoms with Crippen LogP contribution >= 0.6 is 0 Å². The van der Waals surface area contributed by atoms with Crippen molar-refractivity contribution in [3.8, 4) is 0 Å². The first-order valence-corrected chi connectivity index (χ1v) is 5.63. The number of rotatable bonds is 3. The molecule has 0 radical (unpaired) electrons. The summed E-state index contributed by atoms with van der Waals surface area (Å²) in [5, 5.41) is 0. The SMILES string of the molecule is CCC(S(=O)(=O)O)S(=O)(=O)O.[NaH].[NaH]. The molecule has 0 aliphatic heterocycles. The molecule has 0 rings (SSSR count). The summed E-state index contributed by atoms with van der Waals surface area (Å²) in [7, 11) is -9.42. The topological polar surface area (TPSA) is 109 Å². The van der Waals surface area contributed by atoms with Crippen LogP contribution in [0.2, 0.25) is 0 Å². The van der Waals surface area contributed by atoms with Gasteiger partial charge in [0.15, 0.2) is 0 Å². The Labute approximate surface area is 122 Å². The minimum atomic E-state index is -4.71. The van der Waals surface area contributed by atoms with E-state index in [0.717, 1.165) is 0 Å². The van der Waals surface area contributed by atoms with E-state index in [1.165, 1.54) is 6.92 Å². The van der Waals surface area contributed by atoms with Crippen molar-refractivity contribution in [1.82, 2.24) is 0 Å². The fraction of sp³-hybridized carbons (Fsp3) is 1.00. The fourth-order valence-electron chi connectivity index (χ4n) is 0.575. The van der Waals surface area contributed by atoms with E-state index in [9.17, 15) is 16.8 Å². The summed E-state index contributed by atoms with van der Waals surface area (Å²) in [6.45, 7) is 1.21. The molecular formula is C3H10Na2O6S2. The Bertz CT molecular complexity index is 286. The summed E-state index contributed by atoms with van der Waals surface area (Å²) < 4.78 is 55.3. The Morgan fingerprint density at radius 1 is 1.00 bits per heavy atom. The van der Waals surface area contributed by atoms with Gasteiger partial charge in [-0.25, -0.2) is 0 Å². The second-order valence-electron chi connectivity index (χ2n) is 1.87. The molecule has 0 aromatic carbocycles. The Kier molecular flexibility index (Phi) is 11.1. The average Bonchev–Trinajstić information content (AvgIpc) is 1.56. The van der Waals surface area contributed by atoms with Gasteiger partial charge in [-0.2, -0.15) is 16.8 Å². The molecule has 72 valence electrons. The molecule has 0 aromatic heterocycles.